The highest BCUT2D eigenvalue weighted by Gasteiger charge is 2.22. The van der Waals surface area contributed by atoms with Crippen LogP contribution in [0.2, 0.25) is 0 Å². The van der Waals surface area contributed by atoms with Gasteiger partial charge in [0.2, 0.25) is 0 Å². The van der Waals surface area contributed by atoms with Crippen LogP contribution in [-0.2, 0) is 20.5 Å². The number of hydrogen-bond donors (Lipinski definition) is 0. The molecule has 0 aromatic carbocycles. The summed E-state index contributed by atoms with van der Waals surface area (Å²) in [5.41, 5.74) is 1.11. The van der Waals surface area contributed by atoms with Gasteiger partial charge >= 0.3 is 5.69 Å². The summed E-state index contributed by atoms with van der Waals surface area (Å²) in [5.74, 6) is 0.538. The topological polar surface area (TPSA) is 56.4 Å². The van der Waals surface area contributed by atoms with Gasteiger partial charge in [-0.05, 0) is 6.42 Å². The highest BCUT2D eigenvalue weighted by atomic mass is 16.2. The fraction of sp³-hybridized carbons (Fsp3) is 0.545. The smallest absolute Gasteiger partial charge is 0.281 e. The Bertz CT molecular complexity index is 578. The van der Waals surface area contributed by atoms with Crippen molar-refractivity contribution < 1.29 is 0 Å². The largest absolute Gasteiger partial charge is 0.332 e. The molecule has 0 fully saturated rings. The molecule has 0 amide bonds. The molecule has 1 aliphatic rings. The molecule has 0 aliphatic carbocycles. The van der Waals surface area contributed by atoms with E-state index in [1.54, 1.807) is 7.05 Å². The highest BCUT2D eigenvalue weighted by Crippen LogP contribution is 2.22. The van der Waals surface area contributed by atoms with Crippen LogP contribution in [0, 0.1) is 0 Å². The standard InChI is InChI=1S/C11H15N3O2/c1-4-5-7-6-8-9(12-7)13(2)11(16)14(3)10(8)15/h4-6H2,1-3H3. The van der Waals surface area contributed by atoms with Crippen molar-refractivity contribution >= 4 is 11.5 Å². The van der Waals surface area contributed by atoms with E-state index in [9.17, 15) is 9.59 Å². The van der Waals surface area contributed by atoms with E-state index in [0.717, 1.165) is 23.1 Å². The van der Waals surface area contributed by atoms with E-state index in [2.05, 4.69) is 11.9 Å². The molecule has 2 rings (SSSR count). The molecule has 0 unspecified atom stereocenters. The Morgan fingerprint density at radius 3 is 2.56 bits per heavy atom. The first-order valence-electron chi connectivity index (χ1n) is 5.41. The van der Waals surface area contributed by atoms with Gasteiger partial charge in [0.1, 0.15) is 5.82 Å². The molecule has 0 saturated carbocycles. The molecule has 2 heterocycles. The summed E-state index contributed by atoms with van der Waals surface area (Å²) >= 11 is 0. The maximum atomic E-state index is 11.9. The fourth-order valence-electron chi connectivity index (χ4n) is 2.03. The maximum Gasteiger partial charge on any atom is 0.332 e. The lowest BCUT2D eigenvalue weighted by Gasteiger charge is -2.05. The lowest BCUT2D eigenvalue weighted by molar-refractivity contribution is 0.682. The number of fused-ring (bicyclic) bond motifs is 1. The van der Waals surface area contributed by atoms with Gasteiger partial charge in [-0.25, -0.2) is 9.79 Å². The molecule has 0 radical (unpaired) electrons. The van der Waals surface area contributed by atoms with E-state index < -0.39 is 0 Å². The van der Waals surface area contributed by atoms with Gasteiger partial charge in [-0.1, -0.05) is 13.3 Å². The monoisotopic (exact) mass is 221 g/mol. The second-order valence-corrected chi connectivity index (χ2v) is 4.11. The van der Waals surface area contributed by atoms with Gasteiger partial charge in [0, 0.05) is 26.2 Å². The molecule has 0 atom stereocenters. The van der Waals surface area contributed by atoms with Gasteiger partial charge in [0.05, 0.1) is 5.56 Å². The summed E-state index contributed by atoms with van der Waals surface area (Å²) in [6, 6.07) is 0. The molecule has 0 N–H and O–H groups in total. The average molecular weight is 221 g/mol. The first kappa shape index (κ1) is 10.9. The molecular weight excluding hydrogens is 206 g/mol. The Kier molecular flexibility index (Phi) is 2.53. The minimum Gasteiger partial charge on any atom is -0.281 e. The van der Waals surface area contributed by atoms with Crippen LogP contribution in [0.25, 0.3) is 0 Å². The summed E-state index contributed by atoms with van der Waals surface area (Å²) < 4.78 is 2.59. The van der Waals surface area contributed by atoms with Crippen LogP contribution < -0.4 is 11.2 Å². The lowest BCUT2D eigenvalue weighted by Crippen LogP contribution is -2.38. The van der Waals surface area contributed by atoms with E-state index in [0.29, 0.717) is 17.8 Å². The molecule has 0 saturated heterocycles. The normalized spacial score (nSPS) is 13.8. The summed E-state index contributed by atoms with van der Waals surface area (Å²) in [6.07, 6.45) is 2.47. The van der Waals surface area contributed by atoms with E-state index >= 15 is 0 Å². The van der Waals surface area contributed by atoms with E-state index in [-0.39, 0.29) is 11.2 Å². The second kappa shape index (κ2) is 3.73. The van der Waals surface area contributed by atoms with Gasteiger partial charge in [-0.3, -0.25) is 13.9 Å². The number of aliphatic imine (C=N–C) groups is 1. The fourth-order valence-corrected chi connectivity index (χ4v) is 2.03. The Hall–Kier alpha value is -1.65. The number of rotatable bonds is 2. The summed E-state index contributed by atoms with van der Waals surface area (Å²) in [4.78, 5) is 27.9. The van der Waals surface area contributed by atoms with E-state index in [1.165, 1.54) is 11.6 Å². The van der Waals surface area contributed by atoms with Crippen LogP contribution in [0.5, 0.6) is 0 Å². The summed E-state index contributed by atoms with van der Waals surface area (Å²) in [5, 5.41) is 0. The Balaban J connectivity index is 2.64. The molecule has 0 spiro atoms. The van der Waals surface area contributed by atoms with Crippen LogP contribution >= 0.6 is 0 Å². The van der Waals surface area contributed by atoms with Crippen molar-refractivity contribution in [2.45, 2.75) is 26.2 Å². The summed E-state index contributed by atoms with van der Waals surface area (Å²) in [6.45, 7) is 2.07. The lowest BCUT2D eigenvalue weighted by atomic mass is 10.1. The van der Waals surface area contributed by atoms with Crippen molar-refractivity contribution in [3.63, 3.8) is 0 Å². The minimum atomic E-state index is -0.315. The van der Waals surface area contributed by atoms with Crippen LogP contribution in [0.3, 0.4) is 0 Å². The Morgan fingerprint density at radius 2 is 1.94 bits per heavy atom. The molecule has 5 heteroatoms. The molecule has 0 bridgehead atoms. The van der Waals surface area contributed by atoms with E-state index in [4.69, 9.17) is 0 Å². The number of nitrogens with zero attached hydrogens (tertiary/aromatic N) is 3. The highest BCUT2D eigenvalue weighted by molar-refractivity contribution is 5.92. The zero-order chi connectivity index (χ0) is 11.9. The van der Waals surface area contributed by atoms with Gasteiger partial charge < -0.3 is 0 Å². The minimum absolute atomic E-state index is 0.215. The zero-order valence-electron chi connectivity index (χ0n) is 9.78. The van der Waals surface area contributed by atoms with Crippen molar-refractivity contribution in [3.8, 4) is 0 Å². The predicted octanol–water partition coefficient (Wildman–Crippen LogP) is 0.513. The van der Waals surface area contributed by atoms with Crippen LogP contribution in [0.1, 0.15) is 25.3 Å². The first-order valence-corrected chi connectivity index (χ1v) is 5.41. The third kappa shape index (κ3) is 1.43. The van der Waals surface area contributed by atoms with Crippen molar-refractivity contribution in [1.82, 2.24) is 9.13 Å². The third-order valence-corrected chi connectivity index (χ3v) is 2.91. The molecule has 5 nitrogen and oxygen atoms in total. The zero-order valence-corrected chi connectivity index (χ0v) is 9.78. The summed E-state index contributed by atoms with van der Waals surface area (Å²) in [7, 11) is 3.15. The van der Waals surface area contributed by atoms with Crippen LogP contribution in [0.15, 0.2) is 14.6 Å². The SMILES string of the molecule is CCCC1=Nc2c(c(=O)n(C)c(=O)n2C)C1. The number of aromatic nitrogens is 2. The van der Waals surface area contributed by atoms with Crippen molar-refractivity contribution in [2.24, 2.45) is 19.1 Å². The van der Waals surface area contributed by atoms with Crippen molar-refractivity contribution in [3.05, 3.63) is 26.4 Å². The molecule has 1 aliphatic heterocycles. The van der Waals surface area contributed by atoms with E-state index in [1.807, 2.05) is 0 Å². The molecule has 1 aromatic heterocycles. The molecule has 86 valence electrons. The van der Waals surface area contributed by atoms with Crippen molar-refractivity contribution in [2.75, 3.05) is 0 Å². The average Bonchev–Trinajstić information content (AvgIpc) is 2.68. The van der Waals surface area contributed by atoms with Crippen molar-refractivity contribution in [1.29, 1.82) is 0 Å². The van der Waals surface area contributed by atoms with Gasteiger partial charge in [-0.15, -0.1) is 0 Å². The van der Waals surface area contributed by atoms with Crippen LogP contribution in [0.4, 0.5) is 5.82 Å². The predicted molar refractivity (Wildman–Crippen MR) is 62.6 cm³/mol. The van der Waals surface area contributed by atoms with Gasteiger partial charge in [0.15, 0.2) is 0 Å². The number of hydrogen-bond acceptors (Lipinski definition) is 3. The molecule has 16 heavy (non-hydrogen) atoms. The maximum absolute atomic E-state index is 11.9. The van der Waals surface area contributed by atoms with Gasteiger partial charge in [-0.2, -0.15) is 0 Å². The van der Waals surface area contributed by atoms with Crippen LogP contribution in [-0.4, -0.2) is 14.8 Å². The first-order chi connectivity index (χ1) is 7.56. The quantitative estimate of drug-likeness (QED) is 0.730. The molecular formula is C11H15N3O2. The molecule has 1 aromatic rings. The van der Waals surface area contributed by atoms with Gasteiger partial charge in [0.25, 0.3) is 5.56 Å². The Morgan fingerprint density at radius 1 is 1.25 bits per heavy atom. The third-order valence-electron chi connectivity index (χ3n) is 2.91. The second-order valence-electron chi connectivity index (χ2n) is 4.11. The Labute approximate surface area is 93.1 Å².